The Hall–Kier alpha value is -3.28. The zero-order valence-corrected chi connectivity index (χ0v) is 15.1. The first kappa shape index (κ1) is 16.2. The molecular weight excluding hydrogens is 324 g/mol. The number of nitrogens with zero attached hydrogens (tertiary/aromatic N) is 6. The van der Waals surface area contributed by atoms with E-state index in [2.05, 4.69) is 25.5 Å². The van der Waals surface area contributed by atoms with Crippen molar-refractivity contribution < 1.29 is 0 Å². The van der Waals surface area contributed by atoms with Gasteiger partial charge in [-0.2, -0.15) is 0 Å². The fourth-order valence-corrected chi connectivity index (χ4v) is 3.00. The number of anilines is 1. The Kier molecular flexibility index (Phi) is 4.08. The van der Waals surface area contributed by atoms with E-state index in [1.165, 1.54) is 0 Å². The predicted octanol–water partition coefficient (Wildman–Crippen LogP) is 3.37. The average Bonchev–Trinajstić information content (AvgIpc) is 2.98. The van der Waals surface area contributed by atoms with Gasteiger partial charge in [-0.1, -0.05) is 12.1 Å². The molecule has 0 saturated heterocycles. The molecule has 0 unspecified atom stereocenters. The van der Waals surface area contributed by atoms with Crippen LogP contribution in [0.3, 0.4) is 0 Å². The van der Waals surface area contributed by atoms with Gasteiger partial charge in [-0.25, -0.2) is 15.0 Å². The topological polar surface area (TPSA) is 59.7 Å². The second-order valence-corrected chi connectivity index (χ2v) is 6.36. The molecule has 3 aromatic heterocycles. The molecule has 4 aromatic rings. The van der Waals surface area contributed by atoms with Gasteiger partial charge in [0.05, 0.1) is 17.6 Å². The molecule has 0 N–H and O–H groups in total. The first-order chi connectivity index (χ1) is 12.6. The highest BCUT2D eigenvalue weighted by atomic mass is 15.2. The van der Waals surface area contributed by atoms with Crippen LogP contribution in [0.2, 0.25) is 0 Å². The number of aryl methyl sites for hydroxylation is 2. The minimum Gasteiger partial charge on any atom is -0.352 e. The molecule has 0 radical (unpaired) electrons. The summed E-state index contributed by atoms with van der Waals surface area (Å²) in [5, 5.41) is 0. The van der Waals surface area contributed by atoms with Crippen LogP contribution in [0, 0.1) is 6.92 Å². The summed E-state index contributed by atoms with van der Waals surface area (Å²) in [4.78, 5) is 20.3. The molecule has 4 rings (SSSR count). The van der Waals surface area contributed by atoms with Crippen LogP contribution >= 0.6 is 0 Å². The van der Waals surface area contributed by atoms with E-state index in [0.717, 1.165) is 33.9 Å². The Morgan fingerprint density at radius 3 is 2.65 bits per heavy atom. The fourth-order valence-electron chi connectivity index (χ4n) is 3.00. The quantitative estimate of drug-likeness (QED) is 0.568. The first-order valence-electron chi connectivity index (χ1n) is 8.49. The van der Waals surface area contributed by atoms with E-state index in [4.69, 9.17) is 9.97 Å². The summed E-state index contributed by atoms with van der Waals surface area (Å²) in [6, 6.07) is 14.0. The van der Waals surface area contributed by atoms with Crippen molar-refractivity contribution in [3.05, 3.63) is 66.4 Å². The molecule has 6 nitrogen and oxygen atoms in total. The van der Waals surface area contributed by atoms with Crippen LogP contribution in [0.4, 0.5) is 5.82 Å². The van der Waals surface area contributed by atoms with Crippen molar-refractivity contribution in [3.8, 4) is 11.4 Å². The summed E-state index contributed by atoms with van der Waals surface area (Å²) in [6.45, 7) is 2.64. The normalized spacial score (nSPS) is 11.0. The standard InChI is InChI=1S/C20H20N6/c1-14-11-18(24-20(22-14)15-7-6-10-21-12-15)25(2)13-19-23-16-8-4-5-9-17(16)26(19)3/h4-12H,13H2,1-3H3. The van der Waals surface area contributed by atoms with Gasteiger partial charge in [-0.3, -0.25) is 4.98 Å². The van der Waals surface area contributed by atoms with E-state index >= 15 is 0 Å². The zero-order chi connectivity index (χ0) is 18.1. The maximum atomic E-state index is 4.75. The minimum atomic E-state index is 0.661. The molecule has 0 saturated carbocycles. The monoisotopic (exact) mass is 344 g/mol. The van der Waals surface area contributed by atoms with E-state index in [9.17, 15) is 0 Å². The molecule has 130 valence electrons. The van der Waals surface area contributed by atoms with E-state index in [0.29, 0.717) is 12.4 Å². The molecule has 0 atom stereocenters. The van der Waals surface area contributed by atoms with E-state index in [-0.39, 0.29) is 0 Å². The SMILES string of the molecule is Cc1cc(N(C)Cc2nc3ccccc3n2C)nc(-c2cccnc2)n1. The van der Waals surface area contributed by atoms with Crippen molar-refractivity contribution in [2.45, 2.75) is 13.5 Å². The van der Waals surface area contributed by atoms with Crippen molar-refractivity contribution in [2.24, 2.45) is 7.05 Å². The van der Waals surface area contributed by atoms with Crippen LogP contribution in [0.15, 0.2) is 54.9 Å². The number of aromatic nitrogens is 5. The summed E-state index contributed by atoms with van der Waals surface area (Å²) < 4.78 is 2.13. The Labute approximate surface area is 152 Å². The number of imidazole rings is 1. The molecular formula is C20H20N6. The third kappa shape index (κ3) is 3.01. The highest BCUT2D eigenvalue weighted by Gasteiger charge is 2.13. The molecule has 0 aliphatic carbocycles. The van der Waals surface area contributed by atoms with Gasteiger partial charge >= 0.3 is 0 Å². The summed E-state index contributed by atoms with van der Waals surface area (Å²) >= 11 is 0. The van der Waals surface area contributed by atoms with Crippen molar-refractivity contribution >= 4 is 16.9 Å². The molecule has 26 heavy (non-hydrogen) atoms. The lowest BCUT2D eigenvalue weighted by Crippen LogP contribution is -2.20. The largest absolute Gasteiger partial charge is 0.352 e. The Balaban J connectivity index is 1.66. The molecule has 0 aliphatic rings. The average molecular weight is 344 g/mol. The van der Waals surface area contributed by atoms with Crippen LogP contribution in [0.25, 0.3) is 22.4 Å². The Bertz CT molecular complexity index is 1050. The van der Waals surface area contributed by atoms with Crippen molar-refractivity contribution in [2.75, 3.05) is 11.9 Å². The number of para-hydroxylation sites is 2. The zero-order valence-electron chi connectivity index (χ0n) is 15.1. The Morgan fingerprint density at radius 1 is 1.04 bits per heavy atom. The lowest BCUT2D eigenvalue weighted by Gasteiger charge is -2.19. The Morgan fingerprint density at radius 2 is 1.88 bits per heavy atom. The third-order valence-corrected chi connectivity index (χ3v) is 4.41. The summed E-state index contributed by atoms with van der Waals surface area (Å²) in [6.07, 6.45) is 3.53. The number of hydrogen-bond acceptors (Lipinski definition) is 5. The molecule has 1 aromatic carbocycles. The number of pyridine rings is 1. The number of rotatable bonds is 4. The second-order valence-electron chi connectivity index (χ2n) is 6.36. The van der Waals surface area contributed by atoms with Crippen LogP contribution in [0.5, 0.6) is 0 Å². The predicted molar refractivity (Wildman–Crippen MR) is 103 cm³/mol. The highest BCUT2D eigenvalue weighted by Crippen LogP contribution is 2.21. The van der Waals surface area contributed by atoms with Crippen LogP contribution in [-0.4, -0.2) is 31.6 Å². The molecule has 3 heterocycles. The van der Waals surface area contributed by atoms with Crippen LogP contribution in [-0.2, 0) is 13.6 Å². The lowest BCUT2D eigenvalue weighted by molar-refractivity contribution is 0.767. The fraction of sp³-hybridized carbons (Fsp3) is 0.200. The van der Waals surface area contributed by atoms with Crippen molar-refractivity contribution in [1.82, 2.24) is 24.5 Å². The summed E-state index contributed by atoms with van der Waals surface area (Å²) in [5.41, 5.74) is 3.97. The van der Waals surface area contributed by atoms with Crippen LogP contribution < -0.4 is 4.90 Å². The van der Waals surface area contributed by atoms with E-state index < -0.39 is 0 Å². The highest BCUT2D eigenvalue weighted by molar-refractivity contribution is 5.75. The van der Waals surface area contributed by atoms with Gasteiger partial charge in [0, 0.05) is 43.8 Å². The first-order valence-corrected chi connectivity index (χ1v) is 8.49. The maximum Gasteiger partial charge on any atom is 0.163 e. The summed E-state index contributed by atoms with van der Waals surface area (Å²) in [5.74, 6) is 2.54. The third-order valence-electron chi connectivity index (χ3n) is 4.41. The maximum absolute atomic E-state index is 4.75. The van der Waals surface area contributed by atoms with E-state index in [1.807, 2.05) is 57.4 Å². The van der Waals surface area contributed by atoms with Gasteiger partial charge in [0.2, 0.25) is 0 Å². The second kappa shape index (κ2) is 6.55. The molecule has 0 fully saturated rings. The smallest absolute Gasteiger partial charge is 0.163 e. The molecule has 6 heteroatoms. The molecule has 0 bridgehead atoms. The van der Waals surface area contributed by atoms with Gasteiger partial charge in [0.25, 0.3) is 0 Å². The minimum absolute atomic E-state index is 0.661. The molecule has 0 spiro atoms. The van der Waals surface area contributed by atoms with Gasteiger partial charge in [-0.15, -0.1) is 0 Å². The lowest BCUT2D eigenvalue weighted by atomic mass is 10.2. The number of benzene rings is 1. The van der Waals surface area contributed by atoms with Gasteiger partial charge in [0.15, 0.2) is 5.82 Å². The van der Waals surface area contributed by atoms with E-state index in [1.54, 1.807) is 12.4 Å². The van der Waals surface area contributed by atoms with Crippen molar-refractivity contribution in [3.63, 3.8) is 0 Å². The summed E-state index contributed by atoms with van der Waals surface area (Å²) in [7, 11) is 4.07. The van der Waals surface area contributed by atoms with Crippen LogP contribution in [0.1, 0.15) is 11.5 Å². The van der Waals surface area contributed by atoms with Gasteiger partial charge in [0.1, 0.15) is 11.6 Å². The van der Waals surface area contributed by atoms with Gasteiger partial charge in [-0.05, 0) is 31.2 Å². The number of hydrogen-bond donors (Lipinski definition) is 0. The van der Waals surface area contributed by atoms with Crippen molar-refractivity contribution in [1.29, 1.82) is 0 Å². The van der Waals surface area contributed by atoms with Gasteiger partial charge < -0.3 is 9.47 Å². The number of fused-ring (bicyclic) bond motifs is 1. The molecule has 0 aliphatic heterocycles. The molecule has 0 amide bonds.